The standard InChI is InChI=1S/C13H16BrF3N2O/c1-2-3-4-18-12(20)8-19-11-6-9(13(15,16)17)5-10(14)7-11/h5-7,19H,2-4,8H2,1H3,(H,18,20). The Morgan fingerprint density at radius 3 is 2.60 bits per heavy atom. The number of unbranched alkanes of at least 4 members (excludes halogenated alkanes) is 1. The molecule has 0 fully saturated rings. The maximum absolute atomic E-state index is 12.6. The molecule has 0 unspecified atom stereocenters. The van der Waals surface area contributed by atoms with Crippen molar-refractivity contribution in [2.24, 2.45) is 0 Å². The predicted molar refractivity (Wildman–Crippen MR) is 75.6 cm³/mol. The van der Waals surface area contributed by atoms with Gasteiger partial charge in [0.15, 0.2) is 0 Å². The molecule has 1 aromatic carbocycles. The van der Waals surface area contributed by atoms with Crippen molar-refractivity contribution in [3.8, 4) is 0 Å². The zero-order valence-corrected chi connectivity index (χ0v) is 12.6. The molecule has 0 aliphatic heterocycles. The van der Waals surface area contributed by atoms with E-state index in [4.69, 9.17) is 0 Å². The molecule has 112 valence electrons. The van der Waals surface area contributed by atoms with Crippen LogP contribution in [0.3, 0.4) is 0 Å². The van der Waals surface area contributed by atoms with Gasteiger partial charge in [0.05, 0.1) is 12.1 Å². The summed E-state index contributed by atoms with van der Waals surface area (Å²) in [5.74, 6) is -0.244. The van der Waals surface area contributed by atoms with Gasteiger partial charge >= 0.3 is 6.18 Å². The maximum Gasteiger partial charge on any atom is 0.416 e. The molecule has 0 radical (unpaired) electrons. The SMILES string of the molecule is CCCCNC(=O)CNc1cc(Br)cc(C(F)(F)F)c1. The first-order valence-corrected chi connectivity index (χ1v) is 7.00. The lowest BCUT2D eigenvalue weighted by Crippen LogP contribution is -2.30. The van der Waals surface area contributed by atoms with E-state index < -0.39 is 11.7 Å². The van der Waals surface area contributed by atoms with Gasteiger partial charge in [0, 0.05) is 16.7 Å². The van der Waals surface area contributed by atoms with Gasteiger partial charge in [-0.15, -0.1) is 0 Å². The first-order chi connectivity index (χ1) is 9.32. The van der Waals surface area contributed by atoms with Crippen molar-refractivity contribution in [1.29, 1.82) is 0 Å². The van der Waals surface area contributed by atoms with E-state index in [1.807, 2.05) is 6.92 Å². The highest BCUT2D eigenvalue weighted by atomic mass is 79.9. The molecule has 0 saturated heterocycles. The van der Waals surface area contributed by atoms with Crippen molar-refractivity contribution < 1.29 is 18.0 Å². The Hall–Kier alpha value is -1.24. The average molecular weight is 353 g/mol. The fourth-order valence-corrected chi connectivity index (χ4v) is 2.00. The Labute approximate surface area is 124 Å². The first-order valence-electron chi connectivity index (χ1n) is 6.21. The van der Waals surface area contributed by atoms with Gasteiger partial charge in [0.25, 0.3) is 0 Å². The molecule has 2 N–H and O–H groups in total. The Morgan fingerprint density at radius 2 is 2.00 bits per heavy atom. The van der Waals surface area contributed by atoms with E-state index in [9.17, 15) is 18.0 Å². The number of carbonyl (C=O) groups excluding carboxylic acids is 1. The second-order valence-corrected chi connectivity index (χ2v) is 5.20. The normalized spacial score (nSPS) is 11.2. The third-order valence-electron chi connectivity index (χ3n) is 2.53. The monoisotopic (exact) mass is 352 g/mol. The van der Waals surface area contributed by atoms with Crippen LogP contribution in [-0.4, -0.2) is 19.0 Å². The van der Waals surface area contributed by atoms with Gasteiger partial charge in [-0.05, 0) is 24.6 Å². The number of nitrogens with one attached hydrogen (secondary N) is 2. The van der Waals surface area contributed by atoms with E-state index in [0.717, 1.165) is 25.0 Å². The number of carbonyl (C=O) groups is 1. The molecule has 0 saturated carbocycles. The van der Waals surface area contributed by atoms with Crippen molar-refractivity contribution in [2.45, 2.75) is 25.9 Å². The fourth-order valence-electron chi connectivity index (χ4n) is 1.50. The Morgan fingerprint density at radius 1 is 1.30 bits per heavy atom. The molecule has 0 aromatic heterocycles. The van der Waals surface area contributed by atoms with Crippen LogP contribution in [0.4, 0.5) is 18.9 Å². The molecule has 20 heavy (non-hydrogen) atoms. The van der Waals surface area contributed by atoms with Crippen LogP contribution < -0.4 is 10.6 Å². The highest BCUT2D eigenvalue weighted by molar-refractivity contribution is 9.10. The second kappa shape index (κ2) is 7.52. The number of anilines is 1. The summed E-state index contributed by atoms with van der Waals surface area (Å²) >= 11 is 3.02. The summed E-state index contributed by atoms with van der Waals surface area (Å²) in [7, 11) is 0. The first kappa shape index (κ1) is 16.8. The Balaban J connectivity index is 2.60. The summed E-state index contributed by atoms with van der Waals surface area (Å²) < 4.78 is 38.2. The summed E-state index contributed by atoms with van der Waals surface area (Å²) in [6, 6.07) is 3.46. The number of alkyl halides is 3. The highest BCUT2D eigenvalue weighted by Gasteiger charge is 2.31. The van der Waals surface area contributed by atoms with Crippen LogP contribution in [0.5, 0.6) is 0 Å². The molecule has 1 aromatic rings. The van der Waals surface area contributed by atoms with Crippen LogP contribution >= 0.6 is 15.9 Å². The third-order valence-corrected chi connectivity index (χ3v) is 2.99. The predicted octanol–water partition coefficient (Wildman–Crippen LogP) is 3.80. The van der Waals surface area contributed by atoms with E-state index in [-0.39, 0.29) is 18.1 Å². The van der Waals surface area contributed by atoms with Crippen LogP contribution in [0, 0.1) is 0 Å². The zero-order valence-electron chi connectivity index (χ0n) is 11.0. The van der Waals surface area contributed by atoms with Gasteiger partial charge < -0.3 is 10.6 Å². The van der Waals surface area contributed by atoms with E-state index in [0.29, 0.717) is 11.0 Å². The van der Waals surface area contributed by atoms with Gasteiger partial charge in [0.2, 0.25) is 5.91 Å². The van der Waals surface area contributed by atoms with E-state index in [2.05, 4.69) is 26.6 Å². The highest BCUT2D eigenvalue weighted by Crippen LogP contribution is 2.33. The summed E-state index contributed by atoms with van der Waals surface area (Å²) in [6.45, 7) is 2.52. The van der Waals surface area contributed by atoms with Crippen LogP contribution in [0.15, 0.2) is 22.7 Å². The van der Waals surface area contributed by atoms with Crippen molar-refractivity contribution in [1.82, 2.24) is 5.32 Å². The third kappa shape index (κ3) is 5.81. The largest absolute Gasteiger partial charge is 0.416 e. The maximum atomic E-state index is 12.6. The van der Waals surface area contributed by atoms with Crippen LogP contribution in [0.25, 0.3) is 0 Å². The smallest absolute Gasteiger partial charge is 0.376 e. The van der Waals surface area contributed by atoms with Crippen molar-refractivity contribution >= 4 is 27.5 Å². The second-order valence-electron chi connectivity index (χ2n) is 4.28. The summed E-state index contributed by atoms with van der Waals surface area (Å²) in [5.41, 5.74) is -0.516. The lowest BCUT2D eigenvalue weighted by Gasteiger charge is -2.12. The van der Waals surface area contributed by atoms with Crippen LogP contribution in [-0.2, 0) is 11.0 Å². The number of rotatable bonds is 6. The minimum Gasteiger partial charge on any atom is -0.376 e. The molecule has 0 atom stereocenters. The lowest BCUT2D eigenvalue weighted by atomic mass is 10.2. The van der Waals surface area contributed by atoms with Crippen molar-refractivity contribution in [2.75, 3.05) is 18.4 Å². The van der Waals surface area contributed by atoms with Crippen molar-refractivity contribution in [3.63, 3.8) is 0 Å². The molecule has 1 amide bonds. The molecule has 7 heteroatoms. The van der Waals surface area contributed by atoms with Crippen LogP contribution in [0.1, 0.15) is 25.3 Å². The van der Waals surface area contributed by atoms with Gasteiger partial charge in [-0.25, -0.2) is 0 Å². The minimum atomic E-state index is -4.41. The number of hydrogen-bond acceptors (Lipinski definition) is 2. The molecular formula is C13H16BrF3N2O. The number of benzene rings is 1. The minimum absolute atomic E-state index is 0.0581. The van der Waals surface area contributed by atoms with Crippen LogP contribution in [0.2, 0.25) is 0 Å². The zero-order chi connectivity index (χ0) is 15.2. The Kier molecular flexibility index (Phi) is 6.32. The average Bonchev–Trinajstić information content (AvgIpc) is 2.35. The lowest BCUT2D eigenvalue weighted by molar-refractivity contribution is -0.137. The molecule has 0 spiro atoms. The molecule has 0 aliphatic rings. The Bertz CT molecular complexity index is 463. The molecule has 3 nitrogen and oxygen atoms in total. The van der Waals surface area contributed by atoms with Crippen molar-refractivity contribution in [3.05, 3.63) is 28.2 Å². The van der Waals surface area contributed by atoms with E-state index in [1.165, 1.54) is 6.07 Å². The van der Waals surface area contributed by atoms with Gasteiger partial charge in [-0.1, -0.05) is 29.3 Å². The summed E-state index contributed by atoms with van der Waals surface area (Å²) in [4.78, 5) is 11.5. The van der Waals surface area contributed by atoms with Gasteiger partial charge in [-0.2, -0.15) is 13.2 Å². The molecule has 0 bridgehead atoms. The topological polar surface area (TPSA) is 41.1 Å². The number of halogens is 4. The molecular weight excluding hydrogens is 337 g/mol. The molecule has 0 aliphatic carbocycles. The van der Waals surface area contributed by atoms with E-state index >= 15 is 0 Å². The number of amides is 1. The van der Waals surface area contributed by atoms with E-state index in [1.54, 1.807) is 0 Å². The molecule has 1 rings (SSSR count). The summed E-state index contributed by atoms with van der Waals surface area (Å²) in [6.07, 6.45) is -2.57. The fraction of sp³-hybridized carbons (Fsp3) is 0.462. The van der Waals surface area contributed by atoms with Gasteiger partial charge in [0.1, 0.15) is 0 Å². The number of hydrogen-bond donors (Lipinski definition) is 2. The molecule has 0 heterocycles. The quantitative estimate of drug-likeness (QED) is 0.764. The van der Waals surface area contributed by atoms with Gasteiger partial charge in [-0.3, -0.25) is 4.79 Å². The summed E-state index contributed by atoms with van der Waals surface area (Å²) in [5, 5.41) is 5.36.